The molecule has 2 aromatic rings. The van der Waals surface area contributed by atoms with Crippen LogP contribution in [-0.4, -0.2) is 24.1 Å². The summed E-state index contributed by atoms with van der Waals surface area (Å²) < 4.78 is 5.15. The summed E-state index contributed by atoms with van der Waals surface area (Å²) in [7, 11) is 0. The van der Waals surface area contributed by atoms with E-state index in [1.807, 2.05) is 30.3 Å². The van der Waals surface area contributed by atoms with E-state index in [1.165, 1.54) is 6.26 Å². The number of furan rings is 1. The normalized spacial score (nSPS) is 11.1. The molecule has 0 aliphatic rings. The van der Waals surface area contributed by atoms with Gasteiger partial charge in [-0.05, 0) is 31.0 Å². The van der Waals surface area contributed by atoms with Crippen LogP contribution in [0.5, 0.6) is 0 Å². The third-order valence-corrected chi connectivity index (χ3v) is 3.16. The molecular weight excluding hydrogens is 294 g/mol. The fourth-order valence-corrected chi connectivity index (χ4v) is 1.90. The highest BCUT2D eigenvalue weighted by Crippen LogP contribution is 2.02. The van der Waals surface area contributed by atoms with Gasteiger partial charge in [-0.2, -0.15) is 5.10 Å². The van der Waals surface area contributed by atoms with Crippen molar-refractivity contribution in [3.63, 3.8) is 0 Å². The Morgan fingerprint density at radius 1 is 1.09 bits per heavy atom. The number of amides is 2. The number of nitrogens with one attached hydrogen (secondary N) is 2. The molecule has 1 aromatic heterocycles. The van der Waals surface area contributed by atoms with Gasteiger partial charge in [-0.15, -0.1) is 0 Å². The third-order valence-electron chi connectivity index (χ3n) is 3.16. The van der Waals surface area contributed by atoms with Crippen LogP contribution in [0.2, 0.25) is 0 Å². The fraction of sp³-hybridized carbons (Fsp3) is 0.235. The van der Waals surface area contributed by atoms with Crippen molar-refractivity contribution in [2.24, 2.45) is 5.10 Å². The van der Waals surface area contributed by atoms with Gasteiger partial charge < -0.3 is 9.73 Å². The number of rotatable bonds is 7. The highest BCUT2D eigenvalue weighted by atomic mass is 16.3. The van der Waals surface area contributed by atoms with Crippen molar-refractivity contribution < 1.29 is 14.0 Å². The maximum absolute atomic E-state index is 11.7. The second-order valence-electron chi connectivity index (χ2n) is 4.97. The number of benzene rings is 1. The molecule has 0 aliphatic carbocycles. The highest BCUT2D eigenvalue weighted by Gasteiger charge is 2.06. The SMILES string of the molecule is C/C(=N\NC(=O)CNC(=O)CCc1ccccc1)c1ccco1. The Hall–Kier alpha value is -2.89. The third kappa shape index (κ3) is 5.78. The first-order valence-electron chi connectivity index (χ1n) is 7.33. The van der Waals surface area contributed by atoms with E-state index in [-0.39, 0.29) is 18.4 Å². The van der Waals surface area contributed by atoms with E-state index in [9.17, 15) is 9.59 Å². The van der Waals surface area contributed by atoms with Crippen molar-refractivity contribution in [1.29, 1.82) is 0 Å². The highest BCUT2D eigenvalue weighted by molar-refractivity contribution is 5.97. The van der Waals surface area contributed by atoms with Crippen LogP contribution >= 0.6 is 0 Å². The molecule has 120 valence electrons. The molecule has 0 unspecified atom stereocenters. The first-order valence-corrected chi connectivity index (χ1v) is 7.33. The van der Waals surface area contributed by atoms with Gasteiger partial charge in [0, 0.05) is 6.42 Å². The zero-order chi connectivity index (χ0) is 16.5. The molecule has 0 atom stereocenters. The summed E-state index contributed by atoms with van der Waals surface area (Å²) in [5.41, 5.74) is 4.02. The molecule has 23 heavy (non-hydrogen) atoms. The van der Waals surface area contributed by atoms with Gasteiger partial charge in [0.15, 0.2) is 0 Å². The number of carbonyl (C=O) groups excluding carboxylic acids is 2. The van der Waals surface area contributed by atoms with Gasteiger partial charge in [0.1, 0.15) is 11.5 Å². The summed E-state index contributed by atoms with van der Waals surface area (Å²) in [4.78, 5) is 23.3. The van der Waals surface area contributed by atoms with Gasteiger partial charge in [-0.3, -0.25) is 9.59 Å². The lowest BCUT2D eigenvalue weighted by molar-refractivity contribution is -0.126. The lowest BCUT2D eigenvalue weighted by Crippen LogP contribution is -2.35. The van der Waals surface area contributed by atoms with E-state index >= 15 is 0 Å². The summed E-state index contributed by atoms with van der Waals surface area (Å²) in [6.45, 7) is 1.61. The predicted octanol–water partition coefficient (Wildman–Crippen LogP) is 1.87. The molecule has 2 amide bonds. The number of hydrogen-bond acceptors (Lipinski definition) is 4. The van der Waals surface area contributed by atoms with Gasteiger partial charge in [-0.25, -0.2) is 5.43 Å². The smallest absolute Gasteiger partial charge is 0.259 e. The van der Waals surface area contributed by atoms with Gasteiger partial charge >= 0.3 is 0 Å². The van der Waals surface area contributed by atoms with E-state index in [4.69, 9.17) is 4.42 Å². The number of hydrazone groups is 1. The quantitative estimate of drug-likeness (QED) is 0.604. The second-order valence-corrected chi connectivity index (χ2v) is 4.97. The van der Waals surface area contributed by atoms with Gasteiger partial charge in [0.05, 0.1) is 12.8 Å². The molecule has 0 saturated heterocycles. The van der Waals surface area contributed by atoms with Crippen molar-refractivity contribution in [3.8, 4) is 0 Å². The zero-order valence-electron chi connectivity index (χ0n) is 12.9. The van der Waals surface area contributed by atoms with Crippen molar-refractivity contribution >= 4 is 17.5 Å². The number of hydrogen-bond donors (Lipinski definition) is 2. The molecule has 6 nitrogen and oxygen atoms in total. The molecule has 0 aliphatic heterocycles. The number of aryl methyl sites for hydroxylation is 1. The molecule has 0 radical (unpaired) electrons. The molecule has 6 heteroatoms. The minimum Gasteiger partial charge on any atom is -0.463 e. The van der Waals surface area contributed by atoms with Crippen LogP contribution in [0, 0.1) is 0 Å². The molecule has 1 aromatic carbocycles. The predicted molar refractivity (Wildman–Crippen MR) is 86.8 cm³/mol. The first kappa shape index (κ1) is 16.5. The Kier molecular flexibility index (Phi) is 6.11. The minimum absolute atomic E-state index is 0.109. The first-order chi connectivity index (χ1) is 11.1. The zero-order valence-corrected chi connectivity index (χ0v) is 12.9. The van der Waals surface area contributed by atoms with Crippen LogP contribution in [-0.2, 0) is 16.0 Å². The molecule has 0 fully saturated rings. The number of nitrogens with zero attached hydrogens (tertiary/aromatic N) is 1. The monoisotopic (exact) mass is 313 g/mol. The molecule has 2 N–H and O–H groups in total. The Bertz CT molecular complexity index is 664. The largest absolute Gasteiger partial charge is 0.463 e. The maximum atomic E-state index is 11.7. The van der Waals surface area contributed by atoms with Crippen molar-refractivity contribution in [2.45, 2.75) is 19.8 Å². The topological polar surface area (TPSA) is 83.7 Å². The van der Waals surface area contributed by atoms with Gasteiger partial charge in [0.25, 0.3) is 5.91 Å². The summed E-state index contributed by atoms with van der Waals surface area (Å²) in [6.07, 6.45) is 2.51. The Labute approximate surface area is 134 Å². The Morgan fingerprint density at radius 2 is 1.87 bits per heavy atom. The molecule has 0 spiro atoms. The summed E-state index contributed by atoms with van der Waals surface area (Å²) in [5, 5.41) is 6.48. The lowest BCUT2D eigenvalue weighted by Gasteiger charge is -2.05. The van der Waals surface area contributed by atoms with E-state index < -0.39 is 0 Å². The fourth-order valence-electron chi connectivity index (χ4n) is 1.90. The second kappa shape index (κ2) is 8.53. The van der Waals surface area contributed by atoms with E-state index in [0.29, 0.717) is 24.3 Å². The maximum Gasteiger partial charge on any atom is 0.259 e. The van der Waals surface area contributed by atoms with Gasteiger partial charge in [-0.1, -0.05) is 30.3 Å². The van der Waals surface area contributed by atoms with Crippen LogP contribution < -0.4 is 10.7 Å². The van der Waals surface area contributed by atoms with Crippen LogP contribution in [0.4, 0.5) is 0 Å². The molecule has 0 saturated carbocycles. The van der Waals surface area contributed by atoms with E-state index in [0.717, 1.165) is 5.56 Å². The van der Waals surface area contributed by atoms with Crippen LogP contribution in [0.3, 0.4) is 0 Å². The Morgan fingerprint density at radius 3 is 2.57 bits per heavy atom. The molecule has 0 bridgehead atoms. The molecular formula is C17H19N3O3. The van der Waals surface area contributed by atoms with Crippen LogP contribution in [0.1, 0.15) is 24.7 Å². The standard InChI is InChI=1S/C17H19N3O3/c1-13(15-8-5-11-23-15)19-20-17(22)12-18-16(21)10-9-14-6-3-2-4-7-14/h2-8,11H,9-10,12H2,1H3,(H,18,21)(H,20,22)/b19-13+. The summed E-state index contributed by atoms with van der Waals surface area (Å²) >= 11 is 0. The van der Waals surface area contributed by atoms with Crippen molar-refractivity contribution in [2.75, 3.05) is 6.54 Å². The van der Waals surface area contributed by atoms with Crippen LogP contribution in [0.15, 0.2) is 58.2 Å². The number of carbonyl (C=O) groups is 2. The van der Waals surface area contributed by atoms with E-state index in [1.54, 1.807) is 19.1 Å². The average molecular weight is 313 g/mol. The summed E-state index contributed by atoms with van der Waals surface area (Å²) in [6, 6.07) is 13.2. The summed E-state index contributed by atoms with van der Waals surface area (Å²) in [5.74, 6) is 0.0249. The lowest BCUT2D eigenvalue weighted by atomic mass is 10.1. The van der Waals surface area contributed by atoms with Crippen LogP contribution in [0.25, 0.3) is 0 Å². The molecule has 2 rings (SSSR count). The molecule has 1 heterocycles. The average Bonchev–Trinajstić information content (AvgIpc) is 3.11. The van der Waals surface area contributed by atoms with Crippen molar-refractivity contribution in [1.82, 2.24) is 10.7 Å². The van der Waals surface area contributed by atoms with E-state index in [2.05, 4.69) is 15.8 Å². The van der Waals surface area contributed by atoms with Crippen molar-refractivity contribution in [3.05, 3.63) is 60.1 Å². The minimum atomic E-state index is -0.385. The van der Waals surface area contributed by atoms with Gasteiger partial charge in [0.2, 0.25) is 5.91 Å². The Balaban J connectivity index is 1.67.